The monoisotopic (exact) mass is 274 g/mol. The molecule has 2 aliphatic heterocycles. The van der Waals surface area contributed by atoms with Gasteiger partial charge in [0.05, 0.1) is 0 Å². The Morgan fingerprint density at radius 2 is 1.90 bits per heavy atom. The Bertz CT molecular complexity index is 403. The van der Waals surface area contributed by atoms with Gasteiger partial charge in [0.25, 0.3) is 0 Å². The van der Waals surface area contributed by atoms with Crippen LogP contribution >= 0.6 is 0 Å². The summed E-state index contributed by atoms with van der Waals surface area (Å²) in [6.07, 6.45) is 3.62. The molecule has 2 fully saturated rings. The number of benzene rings is 1. The molecule has 110 valence electrons. The third-order valence-corrected chi connectivity index (χ3v) is 5.01. The molecule has 2 aliphatic rings. The van der Waals surface area contributed by atoms with Crippen molar-refractivity contribution in [2.24, 2.45) is 11.7 Å². The maximum absolute atomic E-state index is 6.09. The summed E-state index contributed by atoms with van der Waals surface area (Å²) in [6, 6.07) is 11.5. The highest BCUT2D eigenvalue weighted by molar-refractivity contribution is 5.21. The largest absolute Gasteiger partial charge is 0.381 e. The van der Waals surface area contributed by atoms with Gasteiger partial charge in [-0.3, -0.25) is 4.90 Å². The van der Waals surface area contributed by atoms with Gasteiger partial charge in [0, 0.05) is 32.3 Å². The molecule has 2 N–H and O–H groups in total. The van der Waals surface area contributed by atoms with Crippen LogP contribution in [0, 0.1) is 5.92 Å². The number of likely N-dealkylation sites (tertiary alicyclic amines) is 1. The van der Waals surface area contributed by atoms with Gasteiger partial charge in [0.15, 0.2) is 0 Å². The fourth-order valence-electron chi connectivity index (χ4n) is 3.83. The van der Waals surface area contributed by atoms with Crippen molar-refractivity contribution in [1.29, 1.82) is 0 Å². The maximum Gasteiger partial charge on any atom is 0.0469 e. The van der Waals surface area contributed by atoms with E-state index in [4.69, 9.17) is 10.5 Å². The molecule has 1 aromatic carbocycles. The summed E-state index contributed by atoms with van der Waals surface area (Å²) in [7, 11) is 0. The minimum Gasteiger partial charge on any atom is -0.381 e. The first-order valence-corrected chi connectivity index (χ1v) is 7.95. The van der Waals surface area contributed by atoms with Gasteiger partial charge in [-0.15, -0.1) is 0 Å². The molecule has 2 saturated heterocycles. The zero-order valence-corrected chi connectivity index (χ0v) is 12.2. The fourth-order valence-corrected chi connectivity index (χ4v) is 3.83. The highest BCUT2D eigenvalue weighted by atomic mass is 16.5. The molecule has 2 atom stereocenters. The molecular weight excluding hydrogens is 248 g/mol. The summed E-state index contributed by atoms with van der Waals surface area (Å²) < 4.78 is 5.49. The van der Waals surface area contributed by atoms with Crippen molar-refractivity contribution in [3.05, 3.63) is 35.9 Å². The Hall–Kier alpha value is -0.900. The predicted octanol–water partition coefficient (Wildman–Crippen LogP) is 2.23. The lowest BCUT2D eigenvalue weighted by Gasteiger charge is -2.36. The Kier molecular flexibility index (Phi) is 4.71. The van der Waals surface area contributed by atoms with E-state index in [9.17, 15) is 0 Å². The number of nitrogens with two attached hydrogens (primary N) is 1. The maximum atomic E-state index is 6.09. The molecule has 0 saturated carbocycles. The van der Waals surface area contributed by atoms with E-state index in [2.05, 4.69) is 35.2 Å². The molecule has 3 rings (SSSR count). The molecule has 2 unspecified atom stereocenters. The lowest BCUT2D eigenvalue weighted by atomic mass is 9.90. The van der Waals surface area contributed by atoms with Gasteiger partial charge in [-0.1, -0.05) is 30.3 Å². The van der Waals surface area contributed by atoms with Gasteiger partial charge in [-0.2, -0.15) is 0 Å². The van der Waals surface area contributed by atoms with E-state index in [1.165, 1.54) is 37.9 Å². The molecule has 3 heteroatoms. The van der Waals surface area contributed by atoms with Crippen molar-refractivity contribution in [3.8, 4) is 0 Å². The van der Waals surface area contributed by atoms with E-state index in [0.717, 1.165) is 25.7 Å². The zero-order chi connectivity index (χ0) is 13.8. The molecular formula is C17H26N2O. The van der Waals surface area contributed by atoms with Crippen LogP contribution in [0.2, 0.25) is 0 Å². The topological polar surface area (TPSA) is 38.5 Å². The quantitative estimate of drug-likeness (QED) is 0.915. The Labute approximate surface area is 122 Å². The molecule has 0 bridgehead atoms. The van der Waals surface area contributed by atoms with E-state index in [0.29, 0.717) is 12.0 Å². The van der Waals surface area contributed by atoms with Crippen LogP contribution in [0.1, 0.15) is 30.7 Å². The average Bonchev–Trinajstić information content (AvgIpc) is 3.00. The summed E-state index contributed by atoms with van der Waals surface area (Å²) in [5.41, 5.74) is 7.57. The minimum atomic E-state index is 0.549. The molecule has 20 heavy (non-hydrogen) atoms. The van der Waals surface area contributed by atoms with Crippen molar-refractivity contribution < 1.29 is 4.74 Å². The van der Waals surface area contributed by atoms with E-state index < -0.39 is 0 Å². The number of hydrogen-bond acceptors (Lipinski definition) is 3. The molecule has 0 spiro atoms. The first-order valence-electron chi connectivity index (χ1n) is 7.95. The lowest BCUT2D eigenvalue weighted by molar-refractivity contribution is 0.0330. The first kappa shape index (κ1) is 14.1. The summed E-state index contributed by atoms with van der Waals surface area (Å²) in [5.74, 6) is 1.41. The van der Waals surface area contributed by atoms with Crippen LogP contribution in [0.5, 0.6) is 0 Å². The second-order valence-electron chi connectivity index (χ2n) is 6.14. The van der Waals surface area contributed by atoms with Crippen LogP contribution in [0.25, 0.3) is 0 Å². The van der Waals surface area contributed by atoms with E-state index in [1.54, 1.807) is 0 Å². The standard InChI is InChI=1S/C17H26N2O/c18-12-17(15-7-10-20-11-8-15)19-9-6-16(13-19)14-4-2-1-3-5-14/h1-5,15-17H,6-13,18H2. The van der Waals surface area contributed by atoms with Gasteiger partial charge in [-0.25, -0.2) is 0 Å². The summed E-state index contributed by atoms with van der Waals surface area (Å²) in [6.45, 7) is 4.97. The molecule has 0 aromatic heterocycles. The molecule has 0 radical (unpaired) electrons. The highest BCUT2D eigenvalue weighted by Gasteiger charge is 2.33. The van der Waals surface area contributed by atoms with Crippen LogP contribution in [-0.4, -0.2) is 43.8 Å². The number of ether oxygens (including phenoxy) is 1. The van der Waals surface area contributed by atoms with Crippen LogP contribution in [0.4, 0.5) is 0 Å². The highest BCUT2D eigenvalue weighted by Crippen LogP contribution is 2.31. The van der Waals surface area contributed by atoms with Crippen molar-refractivity contribution >= 4 is 0 Å². The van der Waals surface area contributed by atoms with Crippen molar-refractivity contribution in [3.63, 3.8) is 0 Å². The second-order valence-corrected chi connectivity index (χ2v) is 6.14. The normalized spacial score (nSPS) is 26.8. The van der Waals surface area contributed by atoms with Gasteiger partial charge < -0.3 is 10.5 Å². The SMILES string of the molecule is NCC(C1CCOCC1)N1CCC(c2ccccc2)C1. The summed E-state index contributed by atoms with van der Waals surface area (Å²) in [5, 5.41) is 0. The lowest BCUT2D eigenvalue weighted by Crippen LogP contribution is -2.46. The third-order valence-electron chi connectivity index (χ3n) is 5.01. The summed E-state index contributed by atoms with van der Waals surface area (Å²) >= 11 is 0. The fraction of sp³-hybridized carbons (Fsp3) is 0.647. The van der Waals surface area contributed by atoms with Crippen LogP contribution in [-0.2, 0) is 4.74 Å². The molecule has 0 amide bonds. The zero-order valence-electron chi connectivity index (χ0n) is 12.2. The van der Waals surface area contributed by atoms with Gasteiger partial charge >= 0.3 is 0 Å². The van der Waals surface area contributed by atoms with Crippen molar-refractivity contribution in [2.75, 3.05) is 32.8 Å². The molecule has 3 nitrogen and oxygen atoms in total. The van der Waals surface area contributed by atoms with Crippen LogP contribution in [0.3, 0.4) is 0 Å². The molecule has 0 aliphatic carbocycles. The average molecular weight is 274 g/mol. The Morgan fingerprint density at radius 1 is 1.15 bits per heavy atom. The number of hydrogen-bond donors (Lipinski definition) is 1. The number of rotatable bonds is 4. The molecule has 1 aromatic rings. The smallest absolute Gasteiger partial charge is 0.0469 e. The van der Waals surface area contributed by atoms with Gasteiger partial charge in [0.1, 0.15) is 0 Å². The van der Waals surface area contributed by atoms with Crippen LogP contribution < -0.4 is 5.73 Å². The third kappa shape index (κ3) is 3.05. The van der Waals surface area contributed by atoms with Crippen molar-refractivity contribution in [1.82, 2.24) is 4.90 Å². The van der Waals surface area contributed by atoms with E-state index >= 15 is 0 Å². The minimum absolute atomic E-state index is 0.549. The van der Waals surface area contributed by atoms with Gasteiger partial charge in [0.2, 0.25) is 0 Å². The van der Waals surface area contributed by atoms with E-state index in [-0.39, 0.29) is 0 Å². The summed E-state index contributed by atoms with van der Waals surface area (Å²) in [4.78, 5) is 2.63. The van der Waals surface area contributed by atoms with Crippen molar-refractivity contribution in [2.45, 2.75) is 31.2 Å². The van der Waals surface area contributed by atoms with E-state index in [1.807, 2.05) is 0 Å². The Morgan fingerprint density at radius 3 is 2.60 bits per heavy atom. The molecule has 2 heterocycles. The first-order chi connectivity index (χ1) is 9.88. The van der Waals surface area contributed by atoms with Crippen LogP contribution in [0.15, 0.2) is 30.3 Å². The number of nitrogens with zero attached hydrogens (tertiary/aromatic N) is 1. The second kappa shape index (κ2) is 6.70. The Balaban J connectivity index is 1.63. The van der Waals surface area contributed by atoms with Gasteiger partial charge in [-0.05, 0) is 43.2 Å². The predicted molar refractivity (Wildman–Crippen MR) is 81.8 cm³/mol.